The van der Waals surface area contributed by atoms with Crippen molar-refractivity contribution in [2.75, 3.05) is 11.6 Å². The summed E-state index contributed by atoms with van der Waals surface area (Å²) in [4.78, 5) is 20.1. The molecule has 0 saturated carbocycles. The zero-order valence-corrected chi connectivity index (χ0v) is 14.3. The van der Waals surface area contributed by atoms with Crippen LogP contribution in [0.2, 0.25) is 20.2 Å². The Bertz CT molecular complexity index is 694. The van der Waals surface area contributed by atoms with Crippen molar-refractivity contribution in [1.82, 2.24) is 9.97 Å². The van der Waals surface area contributed by atoms with E-state index in [1.807, 2.05) is 6.26 Å². The number of nitrogens with zero attached hydrogens (tertiary/aromatic N) is 2. The lowest BCUT2D eigenvalue weighted by Crippen LogP contribution is -2.15. The van der Waals surface area contributed by atoms with Crippen LogP contribution in [0.3, 0.4) is 0 Å². The number of anilines is 1. The molecule has 1 amide bonds. The van der Waals surface area contributed by atoms with E-state index in [1.165, 1.54) is 18.0 Å². The molecule has 2 heterocycles. The second-order valence-corrected chi connectivity index (χ2v) is 6.05. The summed E-state index contributed by atoms with van der Waals surface area (Å²) in [6.45, 7) is 0. The van der Waals surface area contributed by atoms with Gasteiger partial charge in [-0.2, -0.15) is 0 Å². The molecule has 1 N–H and O–H groups in total. The van der Waals surface area contributed by atoms with Gasteiger partial charge in [-0.1, -0.05) is 46.4 Å². The second kappa shape index (κ2) is 7.03. The Hall–Kier alpha value is -0.720. The summed E-state index contributed by atoms with van der Waals surface area (Å²) >= 11 is 24.9. The van der Waals surface area contributed by atoms with Crippen LogP contribution in [0.5, 0.6) is 0 Å². The summed E-state index contributed by atoms with van der Waals surface area (Å²) in [6.07, 6.45) is 3.43. The lowest BCUT2D eigenvalue weighted by Gasteiger charge is -2.09. The molecule has 0 spiro atoms. The lowest BCUT2D eigenvalue weighted by atomic mass is 10.3. The van der Waals surface area contributed by atoms with Gasteiger partial charge in [0.05, 0.1) is 32.0 Å². The third-order valence-corrected chi connectivity index (χ3v) is 4.74. The van der Waals surface area contributed by atoms with Crippen LogP contribution in [0.25, 0.3) is 0 Å². The molecule has 0 aliphatic carbocycles. The number of aromatic nitrogens is 2. The first-order valence-corrected chi connectivity index (χ1v) is 8.19. The van der Waals surface area contributed by atoms with Crippen molar-refractivity contribution >= 4 is 69.8 Å². The fourth-order valence-electron chi connectivity index (χ4n) is 1.40. The summed E-state index contributed by atoms with van der Waals surface area (Å²) in [7, 11) is 0. The first kappa shape index (κ1) is 16.6. The molecule has 9 heteroatoms. The molecular weight excluding hydrogens is 376 g/mol. The molecule has 0 bridgehead atoms. The number of carbonyl (C=O) groups excluding carboxylic acids is 1. The van der Waals surface area contributed by atoms with Crippen molar-refractivity contribution in [1.29, 1.82) is 0 Å². The van der Waals surface area contributed by atoms with Crippen LogP contribution in [0.1, 0.15) is 10.5 Å². The van der Waals surface area contributed by atoms with Gasteiger partial charge in [0.2, 0.25) is 0 Å². The standard InChI is InChI=1S/C12H7Cl4N3OS/c1-21-6-3-2-5(4-17-6)18-12(20)10-8(14)7(13)9(15)11(16)19-10/h2-4H,1H3,(H,18,20). The highest BCUT2D eigenvalue weighted by Gasteiger charge is 2.20. The molecule has 2 rings (SSSR count). The van der Waals surface area contributed by atoms with Gasteiger partial charge in [0.15, 0.2) is 0 Å². The molecule has 0 saturated heterocycles. The van der Waals surface area contributed by atoms with Crippen molar-refractivity contribution in [3.05, 3.63) is 44.2 Å². The fraction of sp³-hybridized carbons (Fsp3) is 0.0833. The summed E-state index contributed by atoms with van der Waals surface area (Å²) < 4.78 is 0. The third-order valence-electron chi connectivity index (χ3n) is 2.40. The summed E-state index contributed by atoms with van der Waals surface area (Å²) in [6, 6.07) is 3.49. The Kier molecular flexibility index (Phi) is 5.57. The van der Waals surface area contributed by atoms with E-state index in [0.717, 1.165) is 5.03 Å². The average molecular weight is 383 g/mol. The number of pyridine rings is 2. The van der Waals surface area contributed by atoms with E-state index in [-0.39, 0.29) is 25.9 Å². The van der Waals surface area contributed by atoms with Gasteiger partial charge < -0.3 is 5.32 Å². The summed E-state index contributed by atoms with van der Waals surface area (Å²) in [5.74, 6) is -0.556. The maximum Gasteiger partial charge on any atom is 0.275 e. The smallest absolute Gasteiger partial charge is 0.275 e. The second-order valence-electron chi connectivity index (χ2n) is 3.74. The van der Waals surface area contributed by atoms with Crippen molar-refractivity contribution in [2.45, 2.75) is 5.03 Å². The maximum atomic E-state index is 12.2. The predicted octanol–water partition coefficient (Wildman–Crippen LogP) is 5.06. The quantitative estimate of drug-likeness (QED) is 0.595. The van der Waals surface area contributed by atoms with Gasteiger partial charge in [-0.05, 0) is 18.4 Å². The van der Waals surface area contributed by atoms with Gasteiger partial charge >= 0.3 is 0 Å². The Morgan fingerprint density at radius 1 is 1.14 bits per heavy atom. The van der Waals surface area contributed by atoms with Crippen LogP contribution < -0.4 is 5.32 Å². The van der Waals surface area contributed by atoms with Crippen LogP contribution in [0.15, 0.2) is 23.4 Å². The molecule has 0 atom stereocenters. The van der Waals surface area contributed by atoms with Crippen LogP contribution >= 0.6 is 58.2 Å². The highest BCUT2D eigenvalue weighted by Crippen LogP contribution is 2.36. The number of hydrogen-bond acceptors (Lipinski definition) is 4. The minimum atomic E-state index is -0.556. The lowest BCUT2D eigenvalue weighted by molar-refractivity contribution is 0.102. The van der Waals surface area contributed by atoms with Gasteiger partial charge in [-0.15, -0.1) is 11.8 Å². The van der Waals surface area contributed by atoms with Crippen LogP contribution in [-0.2, 0) is 0 Å². The number of hydrogen-bond donors (Lipinski definition) is 1. The Labute approximate surface area is 145 Å². The topological polar surface area (TPSA) is 54.9 Å². The minimum absolute atomic E-state index is 0.00544. The van der Waals surface area contributed by atoms with E-state index in [0.29, 0.717) is 5.69 Å². The number of amides is 1. The van der Waals surface area contributed by atoms with E-state index in [2.05, 4.69) is 15.3 Å². The van der Waals surface area contributed by atoms with E-state index in [4.69, 9.17) is 46.4 Å². The Balaban J connectivity index is 2.28. The normalized spacial score (nSPS) is 10.5. The fourth-order valence-corrected chi connectivity index (χ4v) is 2.58. The summed E-state index contributed by atoms with van der Waals surface area (Å²) in [5, 5.41) is 3.28. The zero-order chi connectivity index (χ0) is 15.6. The highest BCUT2D eigenvalue weighted by molar-refractivity contribution is 7.98. The Morgan fingerprint density at radius 2 is 1.86 bits per heavy atom. The van der Waals surface area contributed by atoms with Crippen molar-refractivity contribution < 1.29 is 4.79 Å². The predicted molar refractivity (Wildman–Crippen MR) is 88.2 cm³/mol. The van der Waals surface area contributed by atoms with E-state index >= 15 is 0 Å². The molecule has 0 unspecified atom stereocenters. The number of halogens is 4. The van der Waals surface area contributed by atoms with E-state index in [9.17, 15) is 4.79 Å². The van der Waals surface area contributed by atoms with Gasteiger partial charge in [0.1, 0.15) is 10.8 Å². The highest BCUT2D eigenvalue weighted by atomic mass is 35.5. The molecule has 21 heavy (non-hydrogen) atoms. The molecule has 0 aliphatic heterocycles. The summed E-state index contributed by atoms with van der Waals surface area (Å²) in [5.41, 5.74) is 0.392. The monoisotopic (exact) mass is 381 g/mol. The van der Waals surface area contributed by atoms with E-state index in [1.54, 1.807) is 12.1 Å². The van der Waals surface area contributed by atoms with Crippen LogP contribution in [0, 0.1) is 0 Å². The van der Waals surface area contributed by atoms with Gasteiger partial charge in [0, 0.05) is 0 Å². The third kappa shape index (κ3) is 3.73. The number of thioether (sulfide) groups is 1. The molecule has 4 nitrogen and oxygen atoms in total. The van der Waals surface area contributed by atoms with Gasteiger partial charge in [-0.3, -0.25) is 4.79 Å². The first-order chi connectivity index (χ1) is 9.93. The minimum Gasteiger partial charge on any atom is -0.319 e. The van der Waals surface area contributed by atoms with Crippen LogP contribution in [-0.4, -0.2) is 22.1 Å². The molecular formula is C12H7Cl4N3OS. The number of rotatable bonds is 3. The number of carbonyl (C=O) groups is 1. The molecule has 0 aliphatic rings. The molecule has 0 aromatic carbocycles. The molecule has 110 valence electrons. The average Bonchev–Trinajstić information content (AvgIpc) is 2.49. The van der Waals surface area contributed by atoms with Crippen LogP contribution in [0.4, 0.5) is 5.69 Å². The van der Waals surface area contributed by atoms with E-state index < -0.39 is 5.91 Å². The van der Waals surface area contributed by atoms with Gasteiger partial charge in [0.25, 0.3) is 5.91 Å². The SMILES string of the molecule is CSc1ccc(NC(=O)c2nc(Cl)c(Cl)c(Cl)c2Cl)cn1. The number of nitrogens with one attached hydrogen (secondary N) is 1. The largest absolute Gasteiger partial charge is 0.319 e. The molecule has 2 aromatic heterocycles. The van der Waals surface area contributed by atoms with Crippen molar-refractivity contribution in [3.63, 3.8) is 0 Å². The first-order valence-electron chi connectivity index (χ1n) is 5.45. The van der Waals surface area contributed by atoms with Gasteiger partial charge in [-0.25, -0.2) is 9.97 Å². The molecule has 0 fully saturated rings. The Morgan fingerprint density at radius 3 is 2.43 bits per heavy atom. The van der Waals surface area contributed by atoms with Crippen molar-refractivity contribution in [3.8, 4) is 0 Å². The molecule has 0 radical (unpaired) electrons. The zero-order valence-electron chi connectivity index (χ0n) is 10.5. The molecule has 2 aromatic rings. The van der Waals surface area contributed by atoms with Crippen molar-refractivity contribution in [2.24, 2.45) is 0 Å². The maximum absolute atomic E-state index is 12.2.